The first-order valence-corrected chi connectivity index (χ1v) is 3.37. The van der Waals surface area contributed by atoms with Gasteiger partial charge in [-0.15, -0.1) is 0 Å². The second kappa shape index (κ2) is 1.93. The van der Waals surface area contributed by atoms with Gasteiger partial charge in [-0.3, -0.25) is 0 Å². The molecule has 0 radical (unpaired) electrons. The zero-order valence-electron chi connectivity index (χ0n) is 5.94. The molecule has 1 rings (SSSR count). The third-order valence-electron chi connectivity index (χ3n) is 2.09. The molecule has 2 atom stereocenters. The molecule has 8 heavy (non-hydrogen) atoms. The van der Waals surface area contributed by atoms with Crippen LogP contribution in [-0.2, 0) is 0 Å². The van der Waals surface area contributed by atoms with Crippen LogP contribution in [-0.4, -0.2) is 0 Å². The van der Waals surface area contributed by atoms with Crippen molar-refractivity contribution < 1.29 is 0 Å². The molecule has 0 N–H and O–H groups in total. The van der Waals surface area contributed by atoms with Crippen LogP contribution in [0.25, 0.3) is 0 Å². The summed E-state index contributed by atoms with van der Waals surface area (Å²) in [6, 6.07) is 0. The van der Waals surface area contributed by atoms with Crippen molar-refractivity contribution in [1.82, 2.24) is 0 Å². The Morgan fingerprint density at radius 3 is 2.25 bits per heavy atom. The monoisotopic (exact) mass is 110 g/mol. The van der Waals surface area contributed by atoms with Gasteiger partial charge in [0.25, 0.3) is 0 Å². The first-order chi connectivity index (χ1) is 3.70. The summed E-state index contributed by atoms with van der Waals surface area (Å²) in [5.74, 6) is 1.73. The van der Waals surface area contributed by atoms with Crippen LogP contribution >= 0.6 is 0 Å². The van der Waals surface area contributed by atoms with E-state index >= 15 is 0 Å². The predicted octanol–water partition coefficient (Wildman–Crippen LogP) is 2.61. The van der Waals surface area contributed by atoms with Crippen molar-refractivity contribution in [3.05, 3.63) is 11.6 Å². The molecule has 0 saturated heterocycles. The van der Waals surface area contributed by atoms with E-state index < -0.39 is 0 Å². The van der Waals surface area contributed by atoms with Gasteiger partial charge in [0.15, 0.2) is 0 Å². The van der Waals surface area contributed by atoms with Crippen LogP contribution in [0.3, 0.4) is 0 Å². The summed E-state index contributed by atoms with van der Waals surface area (Å²) in [7, 11) is 0. The first-order valence-electron chi connectivity index (χ1n) is 3.37. The van der Waals surface area contributed by atoms with Gasteiger partial charge < -0.3 is 0 Å². The van der Waals surface area contributed by atoms with Crippen LogP contribution < -0.4 is 0 Å². The lowest BCUT2D eigenvalue weighted by Crippen LogP contribution is -1.96. The highest BCUT2D eigenvalue weighted by atomic mass is 14.2. The standard InChI is InChI=1S/C8H14/c1-6-4-7(2)8(3)5-6/h4,7-8H,5H2,1-3H3. The Bertz CT molecular complexity index is 111. The minimum absolute atomic E-state index is 0.829. The fourth-order valence-electron chi connectivity index (χ4n) is 1.37. The van der Waals surface area contributed by atoms with Gasteiger partial charge in [0.05, 0.1) is 0 Å². The molecular formula is C8H14. The van der Waals surface area contributed by atoms with Gasteiger partial charge in [0.2, 0.25) is 0 Å². The smallest absolute Gasteiger partial charge is 0.0231 e. The molecule has 1 aliphatic rings. The van der Waals surface area contributed by atoms with Gasteiger partial charge in [0, 0.05) is 0 Å². The number of hydrogen-bond donors (Lipinski definition) is 0. The van der Waals surface area contributed by atoms with E-state index in [4.69, 9.17) is 0 Å². The molecule has 0 fully saturated rings. The van der Waals surface area contributed by atoms with Crippen LogP contribution in [0.15, 0.2) is 11.6 Å². The van der Waals surface area contributed by atoms with E-state index in [2.05, 4.69) is 26.8 Å². The van der Waals surface area contributed by atoms with E-state index in [1.165, 1.54) is 6.42 Å². The maximum absolute atomic E-state index is 2.38. The molecule has 0 amide bonds. The molecule has 0 heteroatoms. The third-order valence-corrected chi connectivity index (χ3v) is 2.09. The largest absolute Gasteiger partial charge is 0.0825 e. The molecule has 0 spiro atoms. The molecule has 0 aromatic heterocycles. The highest BCUT2D eigenvalue weighted by Crippen LogP contribution is 2.28. The first kappa shape index (κ1) is 5.87. The highest BCUT2D eigenvalue weighted by Gasteiger charge is 2.16. The Hall–Kier alpha value is -0.260. The number of hydrogen-bond acceptors (Lipinski definition) is 0. The summed E-state index contributed by atoms with van der Waals surface area (Å²) in [5, 5.41) is 0. The molecule has 0 aromatic rings. The van der Waals surface area contributed by atoms with Crippen molar-refractivity contribution in [2.45, 2.75) is 27.2 Å². The zero-order valence-corrected chi connectivity index (χ0v) is 5.94. The van der Waals surface area contributed by atoms with Crippen molar-refractivity contribution in [3.63, 3.8) is 0 Å². The lowest BCUT2D eigenvalue weighted by atomic mass is 10.0. The van der Waals surface area contributed by atoms with Gasteiger partial charge in [-0.1, -0.05) is 25.5 Å². The Morgan fingerprint density at radius 1 is 1.50 bits per heavy atom. The van der Waals surface area contributed by atoms with Crippen molar-refractivity contribution >= 4 is 0 Å². The molecule has 1 aliphatic carbocycles. The van der Waals surface area contributed by atoms with Crippen molar-refractivity contribution in [2.75, 3.05) is 0 Å². The van der Waals surface area contributed by atoms with Crippen LogP contribution in [0.1, 0.15) is 27.2 Å². The van der Waals surface area contributed by atoms with Crippen LogP contribution in [0.2, 0.25) is 0 Å². The average molecular weight is 110 g/mol. The number of rotatable bonds is 0. The lowest BCUT2D eigenvalue weighted by Gasteiger charge is -2.05. The molecular weight excluding hydrogens is 96.1 g/mol. The topological polar surface area (TPSA) is 0 Å². The molecule has 46 valence electrons. The summed E-state index contributed by atoms with van der Waals surface area (Å²) < 4.78 is 0. The summed E-state index contributed by atoms with van der Waals surface area (Å²) in [6.45, 7) is 6.83. The molecule has 0 nitrogen and oxygen atoms in total. The van der Waals surface area contributed by atoms with E-state index in [1.54, 1.807) is 5.57 Å². The van der Waals surface area contributed by atoms with E-state index in [1.807, 2.05) is 0 Å². The highest BCUT2D eigenvalue weighted by molar-refractivity contribution is 5.09. The van der Waals surface area contributed by atoms with E-state index in [0.717, 1.165) is 11.8 Å². The Morgan fingerprint density at radius 2 is 2.12 bits per heavy atom. The summed E-state index contributed by atoms with van der Waals surface area (Å²) in [5.41, 5.74) is 1.57. The maximum Gasteiger partial charge on any atom is -0.0231 e. The molecule has 2 unspecified atom stereocenters. The zero-order chi connectivity index (χ0) is 6.15. The van der Waals surface area contributed by atoms with Crippen molar-refractivity contribution in [1.29, 1.82) is 0 Å². The Labute approximate surface area is 51.6 Å². The number of allylic oxidation sites excluding steroid dienone is 2. The van der Waals surface area contributed by atoms with Crippen molar-refractivity contribution in [3.8, 4) is 0 Å². The Kier molecular flexibility index (Phi) is 1.41. The van der Waals surface area contributed by atoms with Gasteiger partial charge in [0.1, 0.15) is 0 Å². The van der Waals surface area contributed by atoms with Crippen LogP contribution in [0.4, 0.5) is 0 Å². The minimum Gasteiger partial charge on any atom is -0.0825 e. The quantitative estimate of drug-likeness (QED) is 0.420. The molecule has 0 saturated carbocycles. The molecule has 0 aliphatic heterocycles. The summed E-state index contributed by atoms with van der Waals surface area (Å²) in [6.07, 6.45) is 3.70. The molecule has 0 aromatic carbocycles. The van der Waals surface area contributed by atoms with E-state index in [0.29, 0.717) is 0 Å². The fourth-order valence-corrected chi connectivity index (χ4v) is 1.37. The lowest BCUT2D eigenvalue weighted by molar-refractivity contribution is 0.494. The van der Waals surface area contributed by atoms with Gasteiger partial charge in [-0.2, -0.15) is 0 Å². The van der Waals surface area contributed by atoms with Crippen LogP contribution in [0, 0.1) is 11.8 Å². The second-order valence-corrected chi connectivity index (χ2v) is 3.05. The van der Waals surface area contributed by atoms with E-state index in [-0.39, 0.29) is 0 Å². The summed E-state index contributed by atoms with van der Waals surface area (Å²) >= 11 is 0. The minimum atomic E-state index is 0.829. The summed E-state index contributed by atoms with van der Waals surface area (Å²) in [4.78, 5) is 0. The second-order valence-electron chi connectivity index (χ2n) is 3.05. The predicted molar refractivity (Wildman–Crippen MR) is 36.7 cm³/mol. The normalized spacial score (nSPS) is 37.6. The molecule has 0 heterocycles. The van der Waals surface area contributed by atoms with Gasteiger partial charge in [-0.05, 0) is 25.2 Å². The van der Waals surface area contributed by atoms with Gasteiger partial charge in [-0.25, -0.2) is 0 Å². The molecule has 0 bridgehead atoms. The average Bonchev–Trinajstić information content (AvgIpc) is 1.85. The maximum atomic E-state index is 2.38. The van der Waals surface area contributed by atoms with E-state index in [9.17, 15) is 0 Å². The van der Waals surface area contributed by atoms with Crippen LogP contribution in [0.5, 0.6) is 0 Å². The third kappa shape index (κ3) is 0.936. The fraction of sp³-hybridized carbons (Fsp3) is 0.750. The van der Waals surface area contributed by atoms with Gasteiger partial charge >= 0.3 is 0 Å². The Balaban J connectivity index is 2.56. The SMILES string of the molecule is CC1=CC(C)C(C)C1. The van der Waals surface area contributed by atoms with Crippen molar-refractivity contribution in [2.24, 2.45) is 11.8 Å².